The maximum absolute atomic E-state index is 6.07. The number of guanidine groups is 1. The number of nitrogens with zero attached hydrogens (tertiary/aromatic N) is 6. The Hall–Kier alpha value is -2.87. The summed E-state index contributed by atoms with van der Waals surface area (Å²) in [6.45, 7) is 6.03. The summed E-state index contributed by atoms with van der Waals surface area (Å²) in [5.41, 5.74) is 1.12. The van der Waals surface area contributed by atoms with Crippen LogP contribution in [-0.4, -0.2) is 43.6 Å². The molecule has 0 saturated heterocycles. The van der Waals surface area contributed by atoms with Crippen LogP contribution in [0.25, 0.3) is 0 Å². The summed E-state index contributed by atoms with van der Waals surface area (Å²) in [5, 5.41) is 20.3. The van der Waals surface area contributed by atoms with Crippen LogP contribution in [0.3, 0.4) is 0 Å². The van der Waals surface area contributed by atoms with Gasteiger partial charge in [-0.15, -0.1) is 10.2 Å². The van der Waals surface area contributed by atoms with Crippen molar-refractivity contribution in [1.29, 1.82) is 0 Å². The molecule has 3 rings (SSSR count). The van der Waals surface area contributed by atoms with Gasteiger partial charge in [0.05, 0.1) is 6.04 Å². The first-order valence-corrected chi connectivity index (χ1v) is 10.6. The van der Waals surface area contributed by atoms with E-state index in [-0.39, 0.29) is 6.04 Å². The first kappa shape index (κ1) is 21.8. The summed E-state index contributed by atoms with van der Waals surface area (Å²) in [5.74, 6) is 2.44. The molecule has 30 heavy (non-hydrogen) atoms. The molecule has 1 unspecified atom stereocenters. The normalized spacial score (nSPS) is 12.7. The molecule has 0 saturated carbocycles. The maximum atomic E-state index is 6.07. The van der Waals surface area contributed by atoms with Gasteiger partial charge in [-0.2, -0.15) is 5.10 Å². The standard InChI is InChI=1S/C21H29ClN8/c1-4-5-11-23-21(25-15-20-28-27-16(2)29(20)3)24-14-19(30-13-6-12-26-30)17-7-9-18(22)10-8-17/h6-10,12-13,19H,4-5,11,14-15H2,1-3H3,(H2,23,24,25). The van der Waals surface area contributed by atoms with Gasteiger partial charge in [-0.25, -0.2) is 4.99 Å². The lowest BCUT2D eigenvalue weighted by Crippen LogP contribution is -2.41. The predicted octanol–water partition coefficient (Wildman–Crippen LogP) is 3.10. The highest BCUT2D eigenvalue weighted by Gasteiger charge is 2.15. The zero-order valence-electron chi connectivity index (χ0n) is 17.7. The van der Waals surface area contributed by atoms with Crippen LogP contribution in [0, 0.1) is 6.92 Å². The molecule has 1 atom stereocenters. The van der Waals surface area contributed by atoms with E-state index in [1.54, 1.807) is 6.20 Å². The molecule has 3 aromatic rings. The van der Waals surface area contributed by atoms with Gasteiger partial charge in [-0.1, -0.05) is 37.1 Å². The Labute approximate surface area is 182 Å². The third-order valence-corrected chi connectivity index (χ3v) is 5.20. The number of unbranched alkanes of at least 4 members (excludes halogenated alkanes) is 1. The molecule has 2 heterocycles. The summed E-state index contributed by atoms with van der Waals surface area (Å²) < 4.78 is 3.89. The van der Waals surface area contributed by atoms with Gasteiger partial charge in [-0.05, 0) is 37.1 Å². The van der Waals surface area contributed by atoms with Crippen molar-refractivity contribution in [2.45, 2.75) is 39.3 Å². The van der Waals surface area contributed by atoms with Crippen LogP contribution in [0.4, 0.5) is 0 Å². The van der Waals surface area contributed by atoms with E-state index >= 15 is 0 Å². The summed E-state index contributed by atoms with van der Waals surface area (Å²) in [6.07, 6.45) is 5.94. The molecule has 0 spiro atoms. The third kappa shape index (κ3) is 5.82. The fourth-order valence-electron chi connectivity index (χ4n) is 3.00. The van der Waals surface area contributed by atoms with Gasteiger partial charge in [0, 0.05) is 37.6 Å². The molecule has 0 bridgehead atoms. The number of aryl methyl sites for hydroxylation is 1. The predicted molar refractivity (Wildman–Crippen MR) is 120 cm³/mol. The van der Waals surface area contributed by atoms with E-state index in [9.17, 15) is 0 Å². The number of rotatable bonds is 9. The Bertz CT molecular complexity index is 931. The van der Waals surface area contributed by atoms with Crippen molar-refractivity contribution in [3.63, 3.8) is 0 Å². The lowest BCUT2D eigenvalue weighted by atomic mass is 10.1. The van der Waals surface area contributed by atoms with Crippen LogP contribution in [-0.2, 0) is 13.6 Å². The first-order valence-electron chi connectivity index (χ1n) is 10.2. The fraction of sp³-hybridized carbons (Fsp3) is 0.429. The van der Waals surface area contributed by atoms with Crippen molar-refractivity contribution < 1.29 is 0 Å². The minimum atomic E-state index is 0.00696. The van der Waals surface area contributed by atoms with Crippen molar-refractivity contribution in [3.8, 4) is 0 Å². The molecular formula is C21H29ClN8. The molecule has 0 fully saturated rings. The highest BCUT2D eigenvalue weighted by Crippen LogP contribution is 2.19. The van der Waals surface area contributed by atoms with Crippen molar-refractivity contribution in [2.24, 2.45) is 12.0 Å². The molecule has 0 aliphatic heterocycles. The molecular weight excluding hydrogens is 400 g/mol. The highest BCUT2D eigenvalue weighted by atomic mass is 35.5. The van der Waals surface area contributed by atoms with Gasteiger partial charge in [0.25, 0.3) is 0 Å². The van der Waals surface area contributed by atoms with Crippen LogP contribution >= 0.6 is 11.6 Å². The van der Waals surface area contributed by atoms with E-state index in [1.165, 1.54) is 0 Å². The van der Waals surface area contributed by atoms with Crippen molar-refractivity contribution in [1.82, 2.24) is 35.2 Å². The lowest BCUT2D eigenvalue weighted by molar-refractivity contribution is 0.510. The van der Waals surface area contributed by atoms with Crippen LogP contribution in [0.2, 0.25) is 5.02 Å². The second-order valence-electron chi connectivity index (χ2n) is 7.10. The molecule has 8 nitrogen and oxygen atoms in total. The zero-order valence-corrected chi connectivity index (χ0v) is 18.5. The summed E-state index contributed by atoms with van der Waals surface area (Å²) in [4.78, 5) is 4.72. The minimum Gasteiger partial charge on any atom is -0.356 e. The molecule has 0 aliphatic carbocycles. The van der Waals surface area contributed by atoms with E-state index < -0.39 is 0 Å². The van der Waals surface area contributed by atoms with Crippen molar-refractivity contribution in [3.05, 3.63) is 65.0 Å². The fourth-order valence-corrected chi connectivity index (χ4v) is 3.13. The SMILES string of the molecule is CCCCNC(=NCc1nnc(C)n1C)NCC(c1ccc(Cl)cc1)n1cccn1. The van der Waals surface area contributed by atoms with Crippen LogP contribution in [0.1, 0.15) is 43.0 Å². The van der Waals surface area contributed by atoms with Crippen molar-refractivity contribution >= 4 is 17.6 Å². The number of hydrogen-bond donors (Lipinski definition) is 2. The molecule has 2 aromatic heterocycles. The molecule has 2 N–H and O–H groups in total. The van der Waals surface area contributed by atoms with Crippen molar-refractivity contribution in [2.75, 3.05) is 13.1 Å². The average Bonchev–Trinajstić information content (AvgIpc) is 3.38. The first-order chi connectivity index (χ1) is 14.6. The molecule has 0 aliphatic rings. The topological polar surface area (TPSA) is 85.0 Å². The summed E-state index contributed by atoms with van der Waals surface area (Å²) in [7, 11) is 1.95. The van der Waals surface area contributed by atoms with Gasteiger partial charge in [0.1, 0.15) is 12.4 Å². The largest absolute Gasteiger partial charge is 0.356 e. The third-order valence-electron chi connectivity index (χ3n) is 4.95. The van der Waals surface area contributed by atoms with E-state index in [0.29, 0.717) is 18.1 Å². The molecule has 9 heteroatoms. The Morgan fingerprint density at radius 1 is 1.20 bits per heavy atom. The van der Waals surface area contributed by atoms with E-state index in [2.05, 4.69) is 32.9 Å². The van der Waals surface area contributed by atoms with Crippen LogP contribution in [0.15, 0.2) is 47.7 Å². The van der Waals surface area contributed by atoms with E-state index in [0.717, 1.165) is 42.6 Å². The second-order valence-corrected chi connectivity index (χ2v) is 7.54. The molecule has 1 aromatic carbocycles. The molecule has 0 radical (unpaired) electrons. The number of aliphatic imine (C=N–C) groups is 1. The maximum Gasteiger partial charge on any atom is 0.191 e. The van der Waals surface area contributed by atoms with Gasteiger partial charge in [0.15, 0.2) is 11.8 Å². The van der Waals surface area contributed by atoms with Gasteiger partial charge >= 0.3 is 0 Å². The number of aromatic nitrogens is 5. The summed E-state index contributed by atoms with van der Waals surface area (Å²) in [6, 6.07) is 9.79. The number of hydrogen-bond acceptors (Lipinski definition) is 4. The Morgan fingerprint density at radius 3 is 2.63 bits per heavy atom. The Kier molecular flexibility index (Phi) is 7.84. The number of benzene rings is 1. The molecule has 160 valence electrons. The number of halogens is 1. The monoisotopic (exact) mass is 428 g/mol. The Balaban J connectivity index is 1.74. The highest BCUT2D eigenvalue weighted by molar-refractivity contribution is 6.30. The van der Waals surface area contributed by atoms with Crippen LogP contribution in [0.5, 0.6) is 0 Å². The van der Waals surface area contributed by atoms with E-state index in [4.69, 9.17) is 16.6 Å². The summed E-state index contributed by atoms with van der Waals surface area (Å²) >= 11 is 6.07. The quantitative estimate of drug-likeness (QED) is 0.311. The minimum absolute atomic E-state index is 0.00696. The Morgan fingerprint density at radius 2 is 2.00 bits per heavy atom. The van der Waals surface area contributed by atoms with Gasteiger partial charge < -0.3 is 15.2 Å². The van der Waals surface area contributed by atoms with E-state index in [1.807, 2.05) is 59.7 Å². The molecule has 0 amide bonds. The number of nitrogens with one attached hydrogen (secondary N) is 2. The lowest BCUT2D eigenvalue weighted by Gasteiger charge is -2.21. The second kappa shape index (κ2) is 10.8. The van der Waals surface area contributed by atoms with Gasteiger partial charge in [0.2, 0.25) is 0 Å². The van der Waals surface area contributed by atoms with Gasteiger partial charge in [-0.3, -0.25) is 4.68 Å². The van der Waals surface area contributed by atoms with Crippen LogP contribution < -0.4 is 10.6 Å². The average molecular weight is 429 g/mol. The zero-order chi connectivity index (χ0) is 21.3. The smallest absolute Gasteiger partial charge is 0.191 e.